The molecule has 0 atom stereocenters. The Hall–Kier alpha value is -1.41. The van der Waals surface area contributed by atoms with E-state index in [0.717, 1.165) is 22.4 Å². The molecule has 2 rings (SSSR count). The number of rotatable bonds is 3. The summed E-state index contributed by atoms with van der Waals surface area (Å²) < 4.78 is 13.7. The number of hydrogen-bond donors (Lipinski definition) is 0. The molecule has 0 unspecified atom stereocenters. The first-order chi connectivity index (χ1) is 8.24. The van der Waals surface area contributed by atoms with Crippen LogP contribution < -0.4 is 0 Å². The first-order valence-electron chi connectivity index (χ1n) is 5.54. The zero-order valence-electron chi connectivity index (χ0n) is 9.58. The second kappa shape index (κ2) is 5.28. The molecule has 1 heterocycles. The maximum atomic E-state index is 13.7. The molecule has 3 heteroatoms. The molecule has 0 radical (unpaired) electrons. The Morgan fingerprint density at radius 1 is 1.24 bits per heavy atom. The predicted octanol–water partition coefficient (Wildman–Crippen LogP) is 4.19. The average Bonchev–Trinajstić information content (AvgIpc) is 2.38. The Morgan fingerprint density at radius 2 is 2.06 bits per heavy atom. The van der Waals surface area contributed by atoms with Crippen LogP contribution in [0.4, 0.5) is 4.39 Å². The lowest BCUT2D eigenvalue weighted by molar-refractivity contribution is 0.612. The van der Waals surface area contributed by atoms with E-state index < -0.39 is 0 Å². The summed E-state index contributed by atoms with van der Waals surface area (Å²) in [7, 11) is 0. The highest BCUT2D eigenvalue weighted by molar-refractivity contribution is 6.17. The van der Waals surface area contributed by atoms with Crippen LogP contribution in [0.3, 0.4) is 0 Å². The number of alkyl halides is 1. The summed E-state index contributed by atoms with van der Waals surface area (Å²) in [5.74, 6) is 0.258. The van der Waals surface area contributed by atoms with Gasteiger partial charge in [-0.2, -0.15) is 0 Å². The number of aryl methyl sites for hydroxylation is 1. The number of nitrogens with zero attached hydrogens (tertiary/aromatic N) is 1. The standard InChI is InChI=1S/C14H13ClFN/c1-2-11-3-4-12(8-13(11)16)14-7-10(9-15)5-6-17-14/h3-8H,2,9H2,1H3. The summed E-state index contributed by atoms with van der Waals surface area (Å²) in [4.78, 5) is 4.23. The third-order valence-electron chi connectivity index (χ3n) is 2.71. The summed E-state index contributed by atoms with van der Waals surface area (Å²) in [6, 6.07) is 8.96. The lowest BCUT2D eigenvalue weighted by Gasteiger charge is -2.05. The van der Waals surface area contributed by atoms with Gasteiger partial charge in [0, 0.05) is 17.6 Å². The van der Waals surface area contributed by atoms with Crippen LogP contribution in [0.15, 0.2) is 36.5 Å². The molecule has 0 amide bonds. The second-order valence-electron chi connectivity index (χ2n) is 3.84. The fraction of sp³-hybridized carbons (Fsp3) is 0.214. The maximum Gasteiger partial charge on any atom is 0.127 e. The molecule has 0 N–H and O–H groups in total. The van der Waals surface area contributed by atoms with Crippen LogP contribution in [-0.4, -0.2) is 4.98 Å². The van der Waals surface area contributed by atoms with Gasteiger partial charge in [0.15, 0.2) is 0 Å². The number of pyridine rings is 1. The Labute approximate surface area is 105 Å². The highest BCUT2D eigenvalue weighted by atomic mass is 35.5. The van der Waals surface area contributed by atoms with Crippen molar-refractivity contribution in [2.24, 2.45) is 0 Å². The van der Waals surface area contributed by atoms with Gasteiger partial charge in [-0.25, -0.2) is 4.39 Å². The fourth-order valence-corrected chi connectivity index (χ4v) is 1.87. The van der Waals surface area contributed by atoms with Crippen LogP contribution in [0.25, 0.3) is 11.3 Å². The third kappa shape index (κ3) is 2.64. The number of hydrogen-bond acceptors (Lipinski definition) is 1. The van der Waals surface area contributed by atoms with Gasteiger partial charge in [-0.1, -0.05) is 19.1 Å². The predicted molar refractivity (Wildman–Crippen MR) is 68.6 cm³/mol. The van der Waals surface area contributed by atoms with Crippen molar-refractivity contribution in [2.75, 3.05) is 0 Å². The van der Waals surface area contributed by atoms with E-state index in [4.69, 9.17) is 11.6 Å². The number of halogens is 2. The van der Waals surface area contributed by atoms with Crippen molar-refractivity contribution >= 4 is 11.6 Å². The lowest BCUT2D eigenvalue weighted by atomic mass is 10.1. The topological polar surface area (TPSA) is 12.9 Å². The average molecular weight is 250 g/mol. The minimum atomic E-state index is -0.178. The van der Waals surface area contributed by atoms with Crippen LogP contribution >= 0.6 is 11.6 Å². The smallest absolute Gasteiger partial charge is 0.127 e. The van der Waals surface area contributed by atoms with E-state index in [1.165, 1.54) is 6.07 Å². The lowest BCUT2D eigenvalue weighted by Crippen LogP contribution is -1.91. The van der Waals surface area contributed by atoms with Crippen molar-refractivity contribution in [2.45, 2.75) is 19.2 Å². The quantitative estimate of drug-likeness (QED) is 0.744. The summed E-state index contributed by atoms with van der Waals surface area (Å²) in [6.45, 7) is 1.93. The molecule has 0 aliphatic rings. The second-order valence-corrected chi connectivity index (χ2v) is 4.11. The Kier molecular flexibility index (Phi) is 3.75. The van der Waals surface area contributed by atoms with E-state index in [0.29, 0.717) is 12.3 Å². The largest absolute Gasteiger partial charge is 0.256 e. The normalized spacial score (nSPS) is 10.5. The van der Waals surface area contributed by atoms with Gasteiger partial charge in [0.25, 0.3) is 0 Å². The van der Waals surface area contributed by atoms with Gasteiger partial charge < -0.3 is 0 Å². The van der Waals surface area contributed by atoms with Gasteiger partial charge in [-0.05, 0) is 35.7 Å². The van der Waals surface area contributed by atoms with E-state index in [9.17, 15) is 4.39 Å². The SMILES string of the molecule is CCc1ccc(-c2cc(CCl)ccn2)cc1F. The van der Waals surface area contributed by atoms with Crippen molar-refractivity contribution in [3.8, 4) is 11.3 Å². The van der Waals surface area contributed by atoms with Crippen LogP contribution in [-0.2, 0) is 12.3 Å². The first kappa shape index (κ1) is 12.1. The van der Waals surface area contributed by atoms with E-state index in [1.807, 2.05) is 25.1 Å². The third-order valence-corrected chi connectivity index (χ3v) is 3.02. The minimum Gasteiger partial charge on any atom is -0.256 e. The highest BCUT2D eigenvalue weighted by Crippen LogP contribution is 2.21. The number of aromatic nitrogens is 1. The van der Waals surface area contributed by atoms with Gasteiger partial charge in [-0.15, -0.1) is 11.6 Å². The van der Waals surface area contributed by atoms with Crippen molar-refractivity contribution < 1.29 is 4.39 Å². The Morgan fingerprint density at radius 3 is 2.71 bits per heavy atom. The van der Waals surface area contributed by atoms with Crippen molar-refractivity contribution in [3.63, 3.8) is 0 Å². The van der Waals surface area contributed by atoms with E-state index >= 15 is 0 Å². The monoisotopic (exact) mass is 249 g/mol. The van der Waals surface area contributed by atoms with Gasteiger partial charge >= 0.3 is 0 Å². The molecule has 88 valence electrons. The van der Waals surface area contributed by atoms with Crippen molar-refractivity contribution in [1.82, 2.24) is 4.98 Å². The summed E-state index contributed by atoms with van der Waals surface area (Å²) in [5, 5.41) is 0. The molecule has 0 fully saturated rings. The van der Waals surface area contributed by atoms with Gasteiger partial charge in [0.1, 0.15) is 5.82 Å². The van der Waals surface area contributed by atoms with E-state index in [-0.39, 0.29) is 5.82 Å². The highest BCUT2D eigenvalue weighted by Gasteiger charge is 2.05. The molecule has 0 spiro atoms. The molecule has 0 aliphatic heterocycles. The van der Waals surface area contributed by atoms with Crippen molar-refractivity contribution in [1.29, 1.82) is 0 Å². The van der Waals surface area contributed by atoms with Crippen LogP contribution in [0, 0.1) is 5.82 Å². The molecule has 1 aromatic carbocycles. The maximum absolute atomic E-state index is 13.7. The molecular weight excluding hydrogens is 237 g/mol. The molecule has 0 saturated carbocycles. The Balaban J connectivity index is 2.42. The van der Waals surface area contributed by atoms with Gasteiger partial charge in [-0.3, -0.25) is 4.98 Å². The molecule has 0 bridgehead atoms. The zero-order chi connectivity index (χ0) is 12.3. The molecule has 17 heavy (non-hydrogen) atoms. The molecular formula is C14H13ClFN. The first-order valence-corrected chi connectivity index (χ1v) is 6.07. The fourth-order valence-electron chi connectivity index (χ4n) is 1.71. The van der Waals surface area contributed by atoms with Crippen LogP contribution in [0.5, 0.6) is 0 Å². The van der Waals surface area contributed by atoms with E-state index in [1.54, 1.807) is 12.3 Å². The van der Waals surface area contributed by atoms with E-state index in [2.05, 4.69) is 4.98 Å². The molecule has 2 aromatic rings. The number of benzene rings is 1. The molecule has 0 saturated heterocycles. The van der Waals surface area contributed by atoms with Crippen molar-refractivity contribution in [3.05, 3.63) is 53.5 Å². The van der Waals surface area contributed by atoms with Gasteiger partial charge in [0.2, 0.25) is 0 Å². The zero-order valence-corrected chi connectivity index (χ0v) is 10.3. The van der Waals surface area contributed by atoms with Crippen LogP contribution in [0.1, 0.15) is 18.1 Å². The molecule has 0 aliphatic carbocycles. The molecule has 1 nitrogen and oxygen atoms in total. The minimum absolute atomic E-state index is 0.178. The summed E-state index contributed by atoms with van der Waals surface area (Å²) >= 11 is 5.76. The summed E-state index contributed by atoms with van der Waals surface area (Å²) in [5.41, 5.74) is 3.25. The van der Waals surface area contributed by atoms with Crippen LogP contribution in [0.2, 0.25) is 0 Å². The van der Waals surface area contributed by atoms with Gasteiger partial charge in [0.05, 0.1) is 5.69 Å². The molecule has 1 aromatic heterocycles. The summed E-state index contributed by atoms with van der Waals surface area (Å²) in [6.07, 6.45) is 2.39. The Bertz CT molecular complexity index is 525.